The minimum absolute atomic E-state index is 0.210. The minimum Gasteiger partial charge on any atom is -0.496 e. The maximum atomic E-state index is 14.0. The molecular weight excluding hydrogens is 668 g/mol. The Morgan fingerprint density at radius 1 is 1.26 bits per heavy atom. The van der Waals surface area contributed by atoms with Gasteiger partial charge in [-0.3, -0.25) is 14.2 Å². The fourth-order valence-corrected chi connectivity index (χ4v) is 6.97. The van der Waals surface area contributed by atoms with E-state index in [2.05, 4.69) is 30.9 Å². The van der Waals surface area contributed by atoms with Crippen LogP contribution < -0.4 is 25.2 Å². The number of carbonyl (C=O) groups is 1. The van der Waals surface area contributed by atoms with E-state index in [0.717, 1.165) is 23.1 Å². The average Bonchev–Trinajstić information content (AvgIpc) is 3.39. The highest BCUT2D eigenvalue weighted by Crippen LogP contribution is 2.38. The third kappa shape index (κ3) is 6.05. The summed E-state index contributed by atoms with van der Waals surface area (Å²) in [5.41, 5.74) is 1.05. The number of nitrogens with one attached hydrogen (secondary N) is 1. The number of furan rings is 1. The molecule has 0 fully saturated rings. The quantitative estimate of drug-likeness (QED) is 0.217. The molecule has 0 unspecified atom stereocenters. The second-order valence-electron chi connectivity index (χ2n) is 9.50. The molecule has 4 aromatic rings. The number of fused-ring (bicyclic) bond motifs is 1. The van der Waals surface area contributed by atoms with Crippen LogP contribution in [0.4, 0.5) is 0 Å². The zero-order valence-corrected chi connectivity index (χ0v) is 27.0. The molecule has 42 heavy (non-hydrogen) atoms. The van der Waals surface area contributed by atoms with Crippen LogP contribution in [0.1, 0.15) is 43.8 Å². The number of carbonyl (C=O) groups excluding carboxylic acids is 1. The van der Waals surface area contributed by atoms with Crippen molar-refractivity contribution >= 4 is 62.7 Å². The Kier molecular flexibility index (Phi) is 8.65. The summed E-state index contributed by atoms with van der Waals surface area (Å²) in [7, 11) is 1.51. The predicted molar refractivity (Wildman–Crippen MR) is 163 cm³/mol. The topological polar surface area (TPSA) is 129 Å². The van der Waals surface area contributed by atoms with Gasteiger partial charge in [0.15, 0.2) is 15.1 Å². The third-order valence-electron chi connectivity index (χ3n) is 6.06. The molecule has 4 heterocycles. The van der Waals surface area contributed by atoms with Crippen LogP contribution in [0.5, 0.6) is 5.75 Å². The molecule has 1 N–H and O–H groups in total. The summed E-state index contributed by atoms with van der Waals surface area (Å²) >= 11 is 12.1. The summed E-state index contributed by atoms with van der Waals surface area (Å²) in [4.78, 5) is 51.1. The first-order valence-corrected chi connectivity index (χ1v) is 15.4. The molecule has 0 saturated heterocycles. The van der Waals surface area contributed by atoms with Gasteiger partial charge in [0.1, 0.15) is 17.6 Å². The molecule has 0 saturated carbocycles. The van der Waals surface area contributed by atoms with Gasteiger partial charge in [-0.2, -0.15) is 0 Å². The van der Waals surface area contributed by atoms with Crippen LogP contribution in [0.3, 0.4) is 0 Å². The fourth-order valence-electron chi connectivity index (χ4n) is 4.40. The number of aryl methyl sites for hydroxylation is 1. The van der Waals surface area contributed by atoms with E-state index < -0.39 is 12.0 Å². The highest BCUT2D eigenvalue weighted by Gasteiger charge is 2.35. The van der Waals surface area contributed by atoms with Crippen molar-refractivity contribution in [2.75, 3.05) is 7.11 Å². The molecule has 0 amide bonds. The van der Waals surface area contributed by atoms with E-state index in [4.69, 9.17) is 25.5 Å². The molecule has 10 nitrogen and oxygen atoms in total. The monoisotopic (exact) mass is 690 g/mol. The molecule has 1 aliphatic rings. The minimum atomic E-state index is -0.901. The molecule has 14 heteroatoms. The van der Waals surface area contributed by atoms with Crippen LogP contribution in [0.15, 0.2) is 75.3 Å². The van der Waals surface area contributed by atoms with E-state index in [-0.39, 0.29) is 22.8 Å². The molecule has 0 aliphatic carbocycles. The van der Waals surface area contributed by atoms with Gasteiger partial charge in [0.2, 0.25) is 0 Å². The first kappa shape index (κ1) is 30.1. The van der Waals surface area contributed by atoms with Crippen molar-refractivity contribution in [2.24, 2.45) is 4.99 Å². The molecule has 218 valence electrons. The highest BCUT2D eigenvalue weighted by atomic mass is 79.9. The van der Waals surface area contributed by atoms with Crippen LogP contribution in [0.25, 0.3) is 6.08 Å². The molecule has 1 aliphatic heterocycles. The lowest BCUT2D eigenvalue weighted by Crippen LogP contribution is -2.40. The van der Waals surface area contributed by atoms with Gasteiger partial charge in [-0.05, 0) is 79.7 Å². The summed E-state index contributed by atoms with van der Waals surface area (Å²) in [6, 6.07) is 7.23. The van der Waals surface area contributed by atoms with Crippen LogP contribution in [-0.4, -0.2) is 33.7 Å². The number of aromatic nitrogens is 3. The number of hydrogen-bond donors (Lipinski definition) is 1. The standard InChI is InChI=1S/C28H24BrClN4O6S2/c1-12(2)39-25(37)22-14(4)32-28-34(23(22)17-9-15(30)6-7-19(17)38-5)24(36)20(41-28)11-16-10-18(29)26(40-16)42-27-31-13(3)8-21(35)33-27/h6-12,23H,1-5H3,(H,31,33,35)/b20-11-/t23-/m0/s1. The first-order valence-electron chi connectivity index (χ1n) is 12.6. The number of rotatable bonds is 7. The van der Waals surface area contributed by atoms with Gasteiger partial charge in [-0.25, -0.2) is 14.8 Å². The lowest BCUT2D eigenvalue weighted by atomic mass is 9.95. The number of benzene rings is 1. The van der Waals surface area contributed by atoms with Crippen molar-refractivity contribution in [3.8, 4) is 5.75 Å². The van der Waals surface area contributed by atoms with E-state index in [9.17, 15) is 14.4 Å². The van der Waals surface area contributed by atoms with E-state index in [1.807, 2.05) is 0 Å². The number of esters is 1. The number of hydrogen-bond acceptors (Lipinski definition) is 10. The second kappa shape index (κ2) is 12.1. The number of aromatic amines is 1. The van der Waals surface area contributed by atoms with Gasteiger partial charge in [0.05, 0.1) is 33.5 Å². The summed E-state index contributed by atoms with van der Waals surface area (Å²) in [6.45, 7) is 6.93. The van der Waals surface area contributed by atoms with E-state index in [0.29, 0.717) is 57.5 Å². The number of thiazole rings is 1. The van der Waals surface area contributed by atoms with Crippen molar-refractivity contribution < 1.29 is 18.7 Å². The maximum Gasteiger partial charge on any atom is 0.338 e. The number of H-pyrrole nitrogens is 1. The summed E-state index contributed by atoms with van der Waals surface area (Å²) in [6.07, 6.45) is 1.21. The van der Waals surface area contributed by atoms with Gasteiger partial charge in [0.25, 0.3) is 11.1 Å². The second-order valence-corrected chi connectivity index (χ2v) is 12.8. The van der Waals surface area contributed by atoms with Crippen molar-refractivity contribution in [3.05, 3.63) is 98.2 Å². The van der Waals surface area contributed by atoms with Crippen molar-refractivity contribution in [2.45, 2.75) is 50.1 Å². The zero-order chi connectivity index (χ0) is 30.3. The first-order chi connectivity index (χ1) is 19.9. The number of allylic oxidation sites excluding steroid dienone is 1. The van der Waals surface area contributed by atoms with Crippen LogP contribution >= 0.6 is 50.6 Å². The van der Waals surface area contributed by atoms with Crippen LogP contribution in [0.2, 0.25) is 5.02 Å². The Hall–Kier alpha value is -3.39. The van der Waals surface area contributed by atoms with Gasteiger partial charge >= 0.3 is 5.97 Å². The lowest BCUT2D eigenvalue weighted by molar-refractivity contribution is -0.143. The van der Waals surface area contributed by atoms with E-state index in [1.54, 1.807) is 58.0 Å². The Morgan fingerprint density at radius 2 is 2.02 bits per heavy atom. The van der Waals surface area contributed by atoms with Crippen molar-refractivity contribution in [3.63, 3.8) is 0 Å². The largest absolute Gasteiger partial charge is 0.496 e. The van der Waals surface area contributed by atoms with Crippen molar-refractivity contribution in [1.29, 1.82) is 0 Å². The average molecular weight is 692 g/mol. The Labute approximate surface area is 260 Å². The molecule has 0 spiro atoms. The van der Waals surface area contributed by atoms with Gasteiger partial charge in [0, 0.05) is 28.4 Å². The van der Waals surface area contributed by atoms with E-state index >= 15 is 0 Å². The van der Waals surface area contributed by atoms with Gasteiger partial charge in [-0.15, -0.1) is 0 Å². The molecule has 1 aromatic carbocycles. The Balaban J connectivity index is 1.64. The Bertz CT molecular complexity index is 1990. The third-order valence-corrected chi connectivity index (χ3v) is 9.00. The number of methoxy groups -OCH3 is 1. The molecule has 1 atom stereocenters. The SMILES string of the molecule is COc1ccc(Cl)cc1[C@H]1C(C(=O)OC(C)C)=C(C)N=c2s/c(=C\c3cc(Br)c(Sc4nc(C)cc(=O)[nH]4)o3)c(=O)n21. The molecule has 5 rings (SSSR count). The van der Waals surface area contributed by atoms with Gasteiger partial charge < -0.3 is 18.9 Å². The van der Waals surface area contributed by atoms with E-state index in [1.165, 1.54) is 17.7 Å². The molecule has 0 bridgehead atoms. The number of halogens is 2. The molecule has 0 radical (unpaired) electrons. The van der Waals surface area contributed by atoms with Crippen LogP contribution in [0, 0.1) is 6.92 Å². The molecule has 3 aromatic heterocycles. The van der Waals surface area contributed by atoms with Gasteiger partial charge in [-0.1, -0.05) is 22.9 Å². The Morgan fingerprint density at radius 3 is 2.71 bits per heavy atom. The maximum absolute atomic E-state index is 14.0. The lowest BCUT2D eigenvalue weighted by Gasteiger charge is -2.26. The normalized spacial score (nSPS) is 15.1. The summed E-state index contributed by atoms with van der Waals surface area (Å²) in [5, 5.41) is 1.22. The summed E-state index contributed by atoms with van der Waals surface area (Å²) < 4.78 is 19.5. The van der Waals surface area contributed by atoms with Crippen LogP contribution in [-0.2, 0) is 9.53 Å². The highest BCUT2D eigenvalue weighted by molar-refractivity contribution is 9.10. The smallest absolute Gasteiger partial charge is 0.338 e. The number of nitrogens with zero attached hydrogens (tertiary/aromatic N) is 3. The number of ether oxygens (including phenoxy) is 2. The fraction of sp³-hybridized carbons (Fsp3) is 0.250. The predicted octanol–water partition coefficient (Wildman–Crippen LogP) is 4.75. The van der Waals surface area contributed by atoms with Crippen molar-refractivity contribution in [1.82, 2.24) is 14.5 Å². The summed E-state index contributed by atoms with van der Waals surface area (Å²) in [5.74, 6) is 0.242. The molecular formula is C28H24BrClN4O6S2. The zero-order valence-electron chi connectivity index (χ0n) is 23.0.